The van der Waals surface area contributed by atoms with Gasteiger partial charge in [-0.05, 0) is 74.8 Å². The Balaban J connectivity index is 1.25. The Morgan fingerprint density at radius 2 is 1.86 bits per heavy atom. The maximum absolute atomic E-state index is 13.5. The lowest BCUT2D eigenvalue weighted by atomic mass is 10.2. The minimum Gasteiger partial charge on any atom is -0.346 e. The van der Waals surface area contributed by atoms with Gasteiger partial charge in [-0.15, -0.1) is 0 Å². The fourth-order valence-electron chi connectivity index (χ4n) is 5.89. The Bertz CT molecular complexity index is 1880. The van der Waals surface area contributed by atoms with E-state index in [1.54, 1.807) is 22.7 Å². The van der Waals surface area contributed by atoms with Crippen molar-refractivity contribution in [2.75, 3.05) is 36.4 Å². The fourth-order valence-corrected chi connectivity index (χ4v) is 5.89. The van der Waals surface area contributed by atoms with Gasteiger partial charge in [0.05, 0.1) is 12.2 Å². The van der Waals surface area contributed by atoms with Crippen LogP contribution in [0.2, 0.25) is 0 Å². The van der Waals surface area contributed by atoms with Crippen LogP contribution < -0.4 is 15.8 Å². The van der Waals surface area contributed by atoms with Gasteiger partial charge in [0.25, 0.3) is 5.56 Å². The first-order valence-electron chi connectivity index (χ1n) is 14.7. The van der Waals surface area contributed by atoms with Gasteiger partial charge in [0.1, 0.15) is 5.39 Å². The van der Waals surface area contributed by atoms with Crippen molar-refractivity contribution in [2.24, 2.45) is 0 Å². The topological polar surface area (TPSA) is 93.2 Å². The van der Waals surface area contributed by atoms with Gasteiger partial charge in [0.2, 0.25) is 11.9 Å². The van der Waals surface area contributed by atoms with Crippen LogP contribution in [0.4, 0.5) is 17.3 Å². The molecular weight excluding hydrogens is 528 g/mol. The third-order valence-electron chi connectivity index (χ3n) is 8.27. The summed E-state index contributed by atoms with van der Waals surface area (Å²) in [5, 5.41) is 4.93. The number of carbonyl (C=O) groups excluding carboxylic acids is 1. The van der Waals surface area contributed by atoms with Crippen LogP contribution in [0.1, 0.15) is 26.2 Å². The van der Waals surface area contributed by atoms with E-state index >= 15 is 0 Å². The van der Waals surface area contributed by atoms with E-state index in [-0.39, 0.29) is 11.5 Å². The van der Waals surface area contributed by atoms with Crippen molar-refractivity contribution in [2.45, 2.75) is 39.3 Å². The summed E-state index contributed by atoms with van der Waals surface area (Å²) in [4.78, 5) is 39.6. The number of hydrogen-bond donors (Lipinski definition) is 1. The van der Waals surface area contributed by atoms with Crippen molar-refractivity contribution in [1.82, 2.24) is 28.8 Å². The molecule has 1 saturated heterocycles. The highest BCUT2D eigenvalue weighted by atomic mass is 16.2. The summed E-state index contributed by atoms with van der Waals surface area (Å²) in [7, 11) is 0. The van der Waals surface area contributed by atoms with Crippen molar-refractivity contribution in [3.8, 4) is 5.69 Å². The van der Waals surface area contributed by atoms with Crippen LogP contribution in [-0.2, 0) is 17.9 Å². The molecule has 2 aromatic carbocycles. The predicted molar refractivity (Wildman–Crippen MR) is 166 cm³/mol. The smallest absolute Gasteiger partial charge is 0.278 e. The Kier molecular flexibility index (Phi) is 6.83. The van der Waals surface area contributed by atoms with Gasteiger partial charge >= 0.3 is 0 Å². The lowest BCUT2D eigenvalue weighted by Gasteiger charge is -2.30. The van der Waals surface area contributed by atoms with Gasteiger partial charge in [-0.1, -0.05) is 18.2 Å². The average Bonchev–Trinajstić information content (AvgIpc) is 3.48. The van der Waals surface area contributed by atoms with E-state index in [9.17, 15) is 9.59 Å². The first-order chi connectivity index (χ1) is 20.5. The maximum Gasteiger partial charge on any atom is 0.278 e. The second kappa shape index (κ2) is 10.9. The number of hydrogen-bond acceptors (Lipinski definition) is 6. The van der Waals surface area contributed by atoms with Crippen LogP contribution in [-0.4, -0.2) is 60.9 Å². The number of carbonyl (C=O) groups is 1. The van der Waals surface area contributed by atoms with Crippen LogP contribution in [0.15, 0.2) is 77.9 Å². The number of amides is 1. The first kappa shape index (κ1) is 26.2. The zero-order chi connectivity index (χ0) is 28.6. The van der Waals surface area contributed by atoms with Crippen LogP contribution >= 0.6 is 0 Å². The summed E-state index contributed by atoms with van der Waals surface area (Å²) < 4.78 is 5.81. The van der Waals surface area contributed by atoms with Gasteiger partial charge in [-0.25, -0.2) is 14.3 Å². The largest absolute Gasteiger partial charge is 0.346 e. The Labute approximate surface area is 243 Å². The molecular formula is C32H34N8O2. The highest BCUT2D eigenvalue weighted by Crippen LogP contribution is 2.26. The summed E-state index contributed by atoms with van der Waals surface area (Å²) >= 11 is 0. The predicted octanol–water partition coefficient (Wildman–Crippen LogP) is 4.69. The quantitative estimate of drug-likeness (QED) is 0.313. The molecule has 42 heavy (non-hydrogen) atoms. The molecule has 5 aromatic rings. The molecule has 0 aliphatic carbocycles. The van der Waals surface area contributed by atoms with E-state index < -0.39 is 0 Å². The summed E-state index contributed by atoms with van der Waals surface area (Å²) in [5.74, 6) is 0.392. The lowest BCUT2D eigenvalue weighted by molar-refractivity contribution is -0.116. The molecule has 0 radical (unpaired) electrons. The SMILES string of the molecule is CC(=O)N1CCCC=CCn2c(=O)c3cnc(Nc4ccc5c(ccn5CCN5CCC5)c4)nc3n2-c2cccc1c2. The number of anilines is 3. The van der Waals surface area contributed by atoms with Crippen LogP contribution in [0.25, 0.3) is 27.6 Å². The third-order valence-corrected chi connectivity index (χ3v) is 8.27. The summed E-state index contributed by atoms with van der Waals surface area (Å²) in [5.41, 5.74) is 3.97. The second-order valence-electron chi connectivity index (χ2n) is 11.0. The maximum atomic E-state index is 13.5. The van der Waals surface area contributed by atoms with Crippen molar-refractivity contribution in [3.63, 3.8) is 0 Å². The molecule has 1 amide bonds. The van der Waals surface area contributed by atoms with Crippen molar-refractivity contribution in [1.29, 1.82) is 0 Å². The minimum atomic E-state index is -0.159. The van der Waals surface area contributed by atoms with Gasteiger partial charge in [0, 0.05) is 61.2 Å². The molecule has 2 aliphatic heterocycles. The molecule has 0 saturated carbocycles. The van der Waals surface area contributed by atoms with Crippen LogP contribution in [0, 0.1) is 0 Å². The number of benzene rings is 2. The standard InChI is InChI=1S/C32H34N8O2/c1-23(41)38-15-4-2-3-5-16-39-31(42)28-22-33-32(35-30(28)40(39)27-9-6-8-26(38)21-27)34-25-10-11-29-24(20-25)12-17-37(29)19-18-36-13-7-14-36/h3,5-6,8-12,17,20-22H,2,4,7,13-16,18-19H2,1H3,(H,33,34,35). The zero-order valence-corrected chi connectivity index (χ0v) is 23.7. The fraction of sp³-hybridized carbons (Fsp3) is 0.312. The van der Waals surface area contributed by atoms with Gasteiger partial charge in [-0.3, -0.25) is 9.59 Å². The van der Waals surface area contributed by atoms with Crippen LogP contribution in [0.5, 0.6) is 0 Å². The third kappa shape index (κ3) is 4.87. The van der Waals surface area contributed by atoms with Crippen LogP contribution in [0.3, 0.4) is 0 Å². The highest BCUT2D eigenvalue weighted by molar-refractivity contribution is 5.92. The number of nitrogens with zero attached hydrogens (tertiary/aromatic N) is 7. The monoisotopic (exact) mass is 562 g/mol. The molecule has 5 heterocycles. The van der Waals surface area contributed by atoms with E-state index in [1.165, 1.54) is 25.0 Å². The Hall–Kier alpha value is -4.70. The number of aromatic nitrogens is 5. The molecule has 2 bridgehead atoms. The minimum absolute atomic E-state index is 0.0137. The van der Waals surface area contributed by atoms with E-state index in [0.29, 0.717) is 30.1 Å². The van der Waals surface area contributed by atoms with Gasteiger partial charge in [0.15, 0.2) is 5.65 Å². The molecule has 10 nitrogen and oxygen atoms in total. The number of likely N-dealkylation sites (tertiary alicyclic amines) is 1. The molecule has 0 atom stereocenters. The molecule has 2 aliphatic rings. The van der Waals surface area contributed by atoms with E-state index in [4.69, 9.17) is 4.98 Å². The molecule has 0 unspecified atom stereocenters. The number of allylic oxidation sites excluding steroid dienone is 2. The Morgan fingerprint density at radius 3 is 2.69 bits per heavy atom. The van der Waals surface area contributed by atoms with Gasteiger partial charge < -0.3 is 19.7 Å². The van der Waals surface area contributed by atoms with Crippen molar-refractivity contribution in [3.05, 3.63) is 83.4 Å². The molecule has 1 fully saturated rings. The van der Waals surface area contributed by atoms with E-state index in [1.807, 2.05) is 41.1 Å². The van der Waals surface area contributed by atoms with Crippen molar-refractivity contribution >= 4 is 45.2 Å². The molecule has 0 spiro atoms. The van der Waals surface area contributed by atoms with E-state index in [2.05, 4.69) is 50.2 Å². The highest BCUT2D eigenvalue weighted by Gasteiger charge is 2.20. The number of fused-ring (bicyclic) bond motifs is 7. The summed E-state index contributed by atoms with van der Waals surface area (Å²) in [6.07, 6.45) is 10.8. The summed E-state index contributed by atoms with van der Waals surface area (Å²) in [6.45, 7) is 7.08. The first-order valence-corrected chi connectivity index (χ1v) is 14.7. The molecule has 1 N–H and O–H groups in total. The normalized spacial score (nSPS) is 15.7. The van der Waals surface area contributed by atoms with Crippen molar-refractivity contribution < 1.29 is 4.79 Å². The van der Waals surface area contributed by atoms with E-state index in [0.717, 1.165) is 48.4 Å². The number of rotatable bonds is 5. The summed E-state index contributed by atoms with van der Waals surface area (Å²) in [6, 6.07) is 16.1. The number of nitrogens with one attached hydrogen (secondary N) is 1. The molecule has 214 valence electrons. The second-order valence-corrected chi connectivity index (χ2v) is 11.0. The molecule has 7 rings (SSSR count). The molecule has 3 aromatic heterocycles. The lowest BCUT2D eigenvalue weighted by Crippen LogP contribution is -2.39. The van der Waals surface area contributed by atoms with Gasteiger partial charge in [-0.2, -0.15) is 4.98 Å². The zero-order valence-electron chi connectivity index (χ0n) is 23.7. The average molecular weight is 563 g/mol. The molecule has 10 heteroatoms. The Morgan fingerprint density at radius 1 is 0.976 bits per heavy atom.